The Balaban J connectivity index is 2.76. The van der Waals surface area contributed by atoms with Crippen molar-refractivity contribution < 1.29 is 4.79 Å². The van der Waals surface area contributed by atoms with Crippen molar-refractivity contribution >= 4 is 34.5 Å². The average molecular weight is 229 g/mol. The number of carbonyl (C=O) groups excluding carboxylic acids is 1. The SMILES string of the molecule is Cc1ncsc1C(=O)N(C)CC(N)=S. The van der Waals surface area contributed by atoms with Crippen LogP contribution in [0.15, 0.2) is 5.51 Å². The molecule has 0 spiro atoms. The highest BCUT2D eigenvalue weighted by Gasteiger charge is 2.16. The molecular formula is C8H11N3OS2. The molecule has 0 aliphatic carbocycles. The fraction of sp³-hybridized carbons (Fsp3) is 0.375. The number of hydrogen-bond donors (Lipinski definition) is 1. The zero-order valence-electron chi connectivity index (χ0n) is 7.98. The van der Waals surface area contributed by atoms with Crippen molar-refractivity contribution in [2.45, 2.75) is 6.92 Å². The number of thiocarbonyl (C=S) groups is 1. The van der Waals surface area contributed by atoms with Gasteiger partial charge in [0.25, 0.3) is 5.91 Å². The van der Waals surface area contributed by atoms with Crippen LogP contribution in [0.5, 0.6) is 0 Å². The monoisotopic (exact) mass is 229 g/mol. The largest absolute Gasteiger partial charge is 0.392 e. The van der Waals surface area contributed by atoms with E-state index < -0.39 is 0 Å². The summed E-state index contributed by atoms with van der Waals surface area (Å²) in [4.78, 5) is 18.2. The van der Waals surface area contributed by atoms with Gasteiger partial charge in [-0.3, -0.25) is 4.79 Å². The zero-order chi connectivity index (χ0) is 10.7. The number of likely N-dealkylation sites (N-methyl/N-ethyl adjacent to an activating group) is 1. The molecule has 0 radical (unpaired) electrons. The van der Waals surface area contributed by atoms with Crippen molar-refractivity contribution in [1.82, 2.24) is 9.88 Å². The molecule has 76 valence electrons. The standard InChI is InChI=1S/C8H11N3OS2/c1-5-7(14-4-10-5)8(12)11(2)3-6(9)13/h4H,3H2,1-2H3,(H2,9,13). The van der Waals surface area contributed by atoms with Crippen LogP contribution in [0.2, 0.25) is 0 Å². The summed E-state index contributed by atoms with van der Waals surface area (Å²) >= 11 is 6.05. The molecule has 1 aromatic rings. The van der Waals surface area contributed by atoms with E-state index >= 15 is 0 Å². The number of amides is 1. The van der Waals surface area contributed by atoms with Crippen molar-refractivity contribution in [2.24, 2.45) is 5.73 Å². The van der Waals surface area contributed by atoms with Gasteiger partial charge in [0.05, 0.1) is 22.7 Å². The molecule has 0 aliphatic heterocycles. The van der Waals surface area contributed by atoms with E-state index in [1.165, 1.54) is 16.2 Å². The van der Waals surface area contributed by atoms with Crippen LogP contribution in [0.1, 0.15) is 15.4 Å². The number of hydrogen-bond acceptors (Lipinski definition) is 4. The lowest BCUT2D eigenvalue weighted by Crippen LogP contribution is -2.34. The first-order chi connectivity index (χ1) is 6.52. The van der Waals surface area contributed by atoms with E-state index in [9.17, 15) is 4.79 Å². The number of nitrogens with zero attached hydrogens (tertiary/aromatic N) is 2. The van der Waals surface area contributed by atoms with Crippen molar-refractivity contribution in [3.05, 3.63) is 16.1 Å². The number of carbonyl (C=O) groups is 1. The van der Waals surface area contributed by atoms with E-state index in [2.05, 4.69) is 4.98 Å². The van der Waals surface area contributed by atoms with Crippen LogP contribution in [0.4, 0.5) is 0 Å². The predicted octanol–water partition coefficient (Wildman–Crippen LogP) is 0.810. The average Bonchev–Trinajstić information content (AvgIpc) is 2.48. The second-order valence-corrected chi connectivity index (χ2v) is 4.27. The van der Waals surface area contributed by atoms with E-state index in [0.717, 1.165) is 5.69 Å². The van der Waals surface area contributed by atoms with Gasteiger partial charge in [-0.05, 0) is 6.92 Å². The highest BCUT2D eigenvalue weighted by atomic mass is 32.1. The maximum Gasteiger partial charge on any atom is 0.265 e. The molecule has 0 saturated heterocycles. The maximum absolute atomic E-state index is 11.7. The molecule has 6 heteroatoms. The van der Waals surface area contributed by atoms with Gasteiger partial charge in [0.1, 0.15) is 4.88 Å². The van der Waals surface area contributed by atoms with E-state index in [1.54, 1.807) is 19.5 Å². The van der Waals surface area contributed by atoms with Crippen LogP contribution in [-0.2, 0) is 0 Å². The Bertz CT molecular complexity index is 361. The van der Waals surface area contributed by atoms with Gasteiger partial charge >= 0.3 is 0 Å². The smallest absolute Gasteiger partial charge is 0.265 e. The molecule has 0 aliphatic rings. The third-order valence-corrected chi connectivity index (χ3v) is 2.73. The summed E-state index contributed by atoms with van der Waals surface area (Å²) in [6, 6.07) is 0. The molecule has 0 unspecified atom stereocenters. The molecular weight excluding hydrogens is 218 g/mol. The first-order valence-electron chi connectivity index (χ1n) is 3.96. The number of rotatable bonds is 3. The fourth-order valence-corrected chi connectivity index (χ4v) is 1.98. The summed E-state index contributed by atoms with van der Waals surface area (Å²) in [5.74, 6) is -0.0854. The summed E-state index contributed by atoms with van der Waals surface area (Å²) in [6.45, 7) is 2.10. The molecule has 2 N–H and O–H groups in total. The molecule has 0 saturated carbocycles. The summed E-state index contributed by atoms with van der Waals surface area (Å²) in [7, 11) is 1.67. The van der Waals surface area contributed by atoms with E-state index in [0.29, 0.717) is 16.4 Å². The first-order valence-corrected chi connectivity index (χ1v) is 5.25. The summed E-state index contributed by atoms with van der Waals surface area (Å²) < 4.78 is 0. The lowest BCUT2D eigenvalue weighted by atomic mass is 10.3. The van der Waals surface area contributed by atoms with Crippen molar-refractivity contribution in [3.63, 3.8) is 0 Å². The third kappa shape index (κ3) is 2.49. The van der Waals surface area contributed by atoms with E-state index in [4.69, 9.17) is 18.0 Å². The first kappa shape index (κ1) is 11.1. The van der Waals surface area contributed by atoms with Gasteiger partial charge in [0, 0.05) is 7.05 Å². The lowest BCUT2D eigenvalue weighted by molar-refractivity contribution is 0.0819. The molecule has 1 rings (SSSR count). The van der Waals surface area contributed by atoms with Crippen LogP contribution in [-0.4, -0.2) is 34.4 Å². The maximum atomic E-state index is 11.7. The van der Waals surface area contributed by atoms with Gasteiger partial charge in [-0.25, -0.2) is 4.98 Å². The molecule has 0 atom stereocenters. The van der Waals surface area contributed by atoms with Crippen molar-refractivity contribution in [3.8, 4) is 0 Å². The van der Waals surface area contributed by atoms with E-state index in [-0.39, 0.29) is 5.91 Å². The molecule has 1 aromatic heterocycles. The molecule has 0 aromatic carbocycles. The summed E-state index contributed by atoms with van der Waals surface area (Å²) in [5.41, 5.74) is 7.74. The number of thiazole rings is 1. The van der Waals surface area contributed by atoms with Gasteiger partial charge in [-0.1, -0.05) is 12.2 Å². The lowest BCUT2D eigenvalue weighted by Gasteiger charge is -2.15. The normalized spacial score (nSPS) is 9.86. The van der Waals surface area contributed by atoms with Gasteiger partial charge in [0.15, 0.2) is 0 Å². The molecule has 0 fully saturated rings. The van der Waals surface area contributed by atoms with Gasteiger partial charge in [-0.15, -0.1) is 11.3 Å². The molecule has 4 nitrogen and oxygen atoms in total. The minimum Gasteiger partial charge on any atom is -0.392 e. The molecule has 1 heterocycles. The van der Waals surface area contributed by atoms with Crippen molar-refractivity contribution in [1.29, 1.82) is 0 Å². The molecule has 14 heavy (non-hydrogen) atoms. The third-order valence-electron chi connectivity index (χ3n) is 1.68. The highest BCUT2D eigenvalue weighted by Crippen LogP contribution is 2.13. The van der Waals surface area contributed by atoms with Crippen LogP contribution in [0.3, 0.4) is 0 Å². The zero-order valence-corrected chi connectivity index (χ0v) is 9.61. The van der Waals surface area contributed by atoms with Gasteiger partial charge in [-0.2, -0.15) is 0 Å². The number of aryl methyl sites for hydroxylation is 1. The predicted molar refractivity (Wildman–Crippen MR) is 60.6 cm³/mol. The fourth-order valence-electron chi connectivity index (χ4n) is 0.986. The Hall–Kier alpha value is -1.01. The molecule has 0 bridgehead atoms. The van der Waals surface area contributed by atoms with Crippen LogP contribution >= 0.6 is 23.6 Å². The highest BCUT2D eigenvalue weighted by molar-refractivity contribution is 7.80. The summed E-state index contributed by atoms with van der Waals surface area (Å²) in [5, 5.41) is 0. The number of nitrogens with two attached hydrogens (primary N) is 1. The minimum absolute atomic E-state index is 0.0854. The van der Waals surface area contributed by atoms with Crippen molar-refractivity contribution in [2.75, 3.05) is 13.6 Å². The number of aromatic nitrogens is 1. The Kier molecular flexibility index (Phi) is 3.54. The second kappa shape index (κ2) is 4.47. The van der Waals surface area contributed by atoms with Crippen LogP contribution in [0.25, 0.3) is 0 Å². The summed E-state index contributed by atoms with van der Waals surface area (Å²) in [6.07, 6.45) is 0. The Morgan fingerprint density at radius 2 is 2.43 bits per heavy atom. The minimum atomic E-state index is -0.0854. The Morgan fingerprint density at radius 3 is 2.86 bits per heavy atom. The van der Waals surface area contributed by atoms with Crippen LogP contribution < -0.4 is 5.73 Å². The van der Waals surface area contributed by atoms with Gasteiger partial charge in [0.2, 0.25) is 0 Å². The van der Waals surface area contributed by atoms with Gasteiger partial charge < -0.3 is 10.6 Å². The van der Waals surface area contributed by atoms with Crippen LogP contribution in [0, 0.1) is 6.92 Å². The second-order valence-electron chi connectivity index (χ2n) is 2.89. The Labute approximate surface area is 91.7 Å². The van der Waals surface area contributed by atoms with E-state index in [1.807, 2.05) is 0 Å². The Morgan fingerprint density at radius 1 is 1.79 bits per heavy atom. The topological polar surface area (TPSA) is 59.2 Å². The molecule has 1 amide bonds. The quantitative estimate of drug-likeness (QED) is 0.779.